The molecule has 0 aliphatic heterocycles. The average Bonchev–Trinajstić information content (AvgIpc) is 2.85. The molecule has 0 aromatic heterocycles. The van der Waals surface area contributed by atoms with E-state index in [1.54, 1.807) is 6.08 Å². The molecule has 0 bridgehead atoms. The molecule has 2 heteroatoms. The van der Waals surface area contributed by atoms with Crippen molar-refractivity contribution in [3.05, 3.63) is 59.4 Å². The van der Waals surface area contributed by atoms with Crippen molar-refractivity contribution >= 4 is 0 Å². The van der Waals surface area contributed by atoms with Crippen molar-refractivity contribution in [2.24, 2.45) is 11.7 Å². The minimum Gasteiger partial charge on any atom is -0.511 e. The van der Waals surface area contributed by atoms with Gasteiger partial charge in [-0.3, -0.25) is 0 Å². The maximum absolute atomic E-state index is 9.94. The molecule has 0 aromatic carbocycles. The third-order valence-corrected chi connectivity index (χ3v) is 5.05. The molecule has 0 spiro atoms. The Morgan fingerprint density at radius 1 is 1.19 bits per heavy atom. The first-order valence-electron chi connectivity index (χ1n) is 10.4. The summed E-state index contributed by atoms with van der Waals surface area (Å²) in [6, 6.07) is -0.321. The first-order valence-corrected chi connectivity index (χ1v) is 10.4. The van der Waals surface area contributed by atoms with E-state index >= 15 is 0 Å². The Bertz CT molecular complexity index is 551. The highest BCUT2D eigenvalue weighted by molar-refractivity contribution is 5.43. The van der Waals surface area contributed by atoms with Gasteiger partial charge in [0.05, 0.1) is 6.04 Å². The number of aliphatic hydroxyl groups is 1. The molecule has 1 aliphatic carbocycles. The fourth-order valence-corrected chi connectivity index (χ4v) is 3.52. The zero-order valence-corrected chi connectivity index (χ0v) is 17.1. The molecule has 146 valence electrons. The van der Waals surface area contributed by atoms with Crippen LogP contribution in [0.15, 0.2) is 59.4 Å². The summed E-state index contributed by atoms with van der Waals surface area (Å²) in [6.07, 6.45) is 20.5. The van der Waals surface area contributed by atoms with Crippen molar-refractivity contribution in [3.8, 4) is 0 Å². The molecule has 1 rings (SSSR count). The Labute approximate surface area is 161 Å². The molecule has 0 saturated heterocycles. The zero-order chi connectivity index (χ0) is 19.4. The Kier molecular flexibility index (Phi) is 11.0. The van der Waals surface area contributed by atoms with Gasteiger partial charge in [-0.05, 0) is 54.4 Å². The largest absolute Gasteiger partial charge is 0.511 e. The molecule has 2 atom stereocenters. The quantitative estimate of drug-likeness (QED) is 0.372. The minimum atomic E-state index is -0.321. The molecule has 26 heavy (non-hydrogen) atoms. The second kappa shape index (κ2) is 12.8. The van der Waals surface area contributed by atoms with Gasteiger partial charge in [0, 0.05) is 0 Å². The highest BCUT2D eigenvalue weighted by Crippen LogP contribution is 2.28. The molecule has 3 N–H and O–H groups in total. The lowest BCUT2D eigenvalue weighted by Crippen LogP contribution is -2.23. The molecule has 0 radical (unpaired) electrons. The van der Waals surface area contributed by atoms with E-state index in [1.165, 1.54) is 48.8 Å². The summed E-state index contributed by atoms with van der Waals surface area (Å²) in [5.74, 6) is 1.05. The predicted octanol–water partition coefficient (Wildman–Crippen LogP) is 6.92. The Morgan fingerprint density at radius 3 is 2.62 bits per heavy atom. The molecular weight excluding hydrogens is 318 g/mol. The van der Waals surface area contributed by atoms with Crippen LogP contribution in [-0.4, -0.2) is 11.1 Å². The van der Waals surface area contributed by atoms with Crippen LogP contribution in [0.3, 0.4) is 0 Å². The third-order valence-electron chi connectivity index (χ3n) is 5.05. The smallest absolute Gasteiger partial charge is 0.105 e. The van der Waals surface area contributed by atoms with E-state index in [1.807, 2.05) is 6.92 Å². The number of nitrogens with two attached hydrogens (primary N) is 1. The maximum Gasteiger partial charge on any atom is 0.105 e. The van der Waals surface area contributed by atoms with Gasteiger partial charge in [0.15, 0.2) is 0 Å². The van der Waals surface area contributed by atoms with Crippen molar-refractivity contribution in [2.45, 2.75) is 84.6 Å². The fraction of sp³-hybridized carbons (Fsp3) is 0.583. The van der Waals surface area contributed by atoms with E-state index in [0.717, 1.165) is 25.2 Å². The first-order chi connectivity index (χ1) is 12.5. The molecule has 0 fully saturated rings. The van der Waals surface area contributed by atoms with E-state index in [2.05, 4.69) is 44.7 Å². The summed E-state index contributed by atoms with van der Waals surface area (Å²) < 4.78 is 0. The average molecular weight is 358 g/mol. The highest BCUT2D eigenvalue weighted by Gasteiger charge is 2.13. The summed E-state index contributed by atoms with van der Waals surface area (Å²) in [5.41, 5.74) is 9.79. The Hall–Kier alpha value is -1.54. The van der Waals surface area contributed by atoms with Crippen molar-refractivity contribution in [1.82, 2.24) is 0 Å². The number of hydrogen-bond donors (Lipinski definition) is 2. The SMILES string of the molecule is C=C(CC(CCC)CCCC)C1=CCC=C(CC(N)/C(O)=C\CC)C=C1. The van der Waals surface area contributed by atoms with Crippen LogP contribution in [0.2, 0.25) is 0 Å². The summed E-state index contributed by atoms with van der Waals surface area (Å²) in [7, 11) is 0. The Balaban J connectivity index is 2.64. The van der Waals surface area contributed by atoms with Gasteiger partial charge in [-0.1, -0.05) is 83.8 Å². The third kappa shape index (κ3) is 8.23. The second-order valence-corrected chi connectivity index (χ2v) is 7.46. The summed E-state index contributed by atoms with van der Waals surface area (Å²) in [4.78, 5) is 0. The zero-order valence-electron chi connectivity index (χ0n) is 17.1. The number of hydrogen-bond acceptors (Lipinski definition) is 2. The predicted molar refractivity (Wildman–Crippen MR) is 115 cm³/mol. The number of rotatable bonds is 12. The van der Waals surface area contributed by atoms with E-state index in [0.29, 0.717) is 12.2 Å². The Morgan fingerprint density at radius 2 is 1.96 bits per heavy atom. The standard InChI is InChI=1S/C24H39NO/c1-5-8-12-20(10-6-2)17-19(4)22-14-9-13-21(15-16-22)18-23(25)24(26)11-7-3/h11,13-16,20,23,26H,4-10,12,17-18,25H2,1-3H3/b24-11+. The number of unbranched alkanes of at least 4 members (excludes halogenated alkanes) is 1. The number of allylic oxidation sites excluding steroid dienone is 7. The van der Waals surface area contributed by atoms with Crippen molar-refractivity contribution in [3.63, 3.8) is 0 Å². The lowest BCUT2D eigenvalue weighted by molar-refractivity contribution is 0.363. The second-order valence-electron chi connectivity index (χ2n) is 7.46. The molecule has 2 unspecified atom stereocenters. The lowest BCUT2D eigenvalue weighted by atomic mass is 9.88. The van der Waals surface area contributed by atoms with E-state index in [4.69, 9.17) is 5.73 Å². The van der Waals surface area contributed by atoms with Gasteiger partial charge in [0.1, 0.15) is 5.76 Å². The van der Waals surface area contributed by atoms with Gasteiger partial charge in [0.2, 0.25) is 0 Å². The van der Waals surface area contributed by atoms with Crippen LogP contribution in [-0.2, 0) is 0 Å². The molecular formula is C24H39NO. The van der Waals surface area contributed by atoms with Gasteiger partial charge in [-0.2, -0.15) is 0 Å². The highest BCUT2D eigenvalue weighted by atomic mass is 16.3. The normalized spacial score (nSPS) is 17.3. The van der Waals surface area contributed by atoms with Crippen LogP contribution in [0.4, 0.5) is 0 Å². The van der Waals surface area contributed by atoms with Gasteiger partial charge >= 0.3 is 0 Å². The van der Waals surface area contributed by atoms with Crippen LogP contribution < -0.4 is 5.73 Å². The van der Waals surface area contributed by atoms with Crippen LogP contribution in [0.5, 0.6) is 0 Å². The van der Waals surface area contributed by atoms with Gasteiger partial charge in [-0.25, -0.2) is 0 Å². The van der Waals surface area contributed by atoms with E-state index in [9.17, 15) is 5.11 Å². The van der Waals surface area contributed by atoms with E-state index in [-0.39, 0.29) is 6.04 Å². The lowest BCUT2D eigenvalue weighted by Gasteiger charge is -2.18. The van der Waals surface area contributed by atoms with Crippen molar-refractivity contribution in [2.75, 3.05) is 0 Å². The molecule has 0 saturated carbocycles. The first kappa shape index (κ1) is 22.5. The molecule has 0 heterocycles. The fourth-order valence-electron chi connectivity index (χ4n) is 3.52. The molecule has 0 aromatic rings. The maximum atomic E-state index is 9.94. The molecule has 1 aliphatic rings. The summed E-state index contributed by atoms with van der Waals surface area (Å²) in [5, 5.41) is 9.94. The molecule has 2 nitrogen and oxygen atoms in total. The summed E-state index contributed by atoms with van der Waals surface area (Å²) in [6.45, 7) is 10.9. The molecule has 0 amide bonds. The van der Waals surface area contributed by atoms with Gasteiger partial charge in [-0.15, -0.1) is 0 Å². The van der Waals surface area contributed by atoms with Gasteiger partial charge in [0.25, 0.3) is 0 Å². The monoisotopic (exact) mass is 357 g/mol. The van der Waals surface area contributed by atoms with Crippen LogP contribution >= 0.6 is 0 Å². The van der Waals surface area contributed by atoms with Crippen LogP contribution in [0.1, 0.15) is 78.6 Å². The van der Waals surface area contributed by atoms with Gasteiger partial charge < -0.3 is 10.8 Å². The number of aliphatic hydroxyl groups excluding tert-OH is 1. The van der Waals surface area contributed by atoms with Crippen LogP contribution in [0, 0.1) is 5.92 Å². The van der Waals surface area contributed by atoms with Crippen molar-refractivity contribution in [1.29, 1.82) is 0 Å². The summed E-state index contributed by atoms with van der Waals surface area (Å²) >= 11 is 0. The van der Waals surface area contributed by atoms with E-state index < -0.39 is 0 Å². The topological polar surface area (TPSA) is 46.2 Å². The van der Waals surface area contributed by atoms with Crippen LogP contribution in [0.25, 0.3) is 0 Å². The van der Waals surface area contributed by atoms with Crippen molar-refractivity contribution < 1.29 is 5.11 Å². The minimum absolute atomic E-state index is 0.293.